The molecule has 2 aromatic carbocycles. The van der Waals surface area contributed by atoms with E-state index in [4.69, 9.17) is 9.15 Å². The van der Waals surface area contributed by atoms with Gasteiger partial charge in [-0.1, -0.05) is 48.5 Å². The molecule has 1 aliphatic rings. The third kappa shape index (κ3) is 3.11. The van der Waals surface area contributed by atoms with Crippen molar-refractivity contribution in [3.05, 3.63) is 94.0 Å². The summed E-state index contributed by atoms with van der Waals surface area (Å²) in [6, 6.07) is 18.5. The molecular formula is C21H17NO4. The van der Waals surface area contributed by atoms with Crippen LogP contribution in [0.25, 0.3) is 0 Å². The van der Waals surface area contributed by atoms with Crippen LogP contribution in [0.3, 0.4) is 0 Å². The lowest BCUT2D eigenvalue weighted by atomic mass is 10.2. The summed E-state index contributed by atoms with van der Waals surface area (Å²) in [6.45, 7) is 0.840. The number of rotatable bonds is 4. The zero-order chi connectivity index (χ0) is 17.9. The largest absolute Gasteiger partial charge is 0.482 e. The van der Waals surface area contributed by atoms with Gasteiger partial charge in [0.15, 0.2) is 5.76 Å². The standard InChI is InChI=1S/C21H17NO4/c23-18-12-19(21(24)22-11-10-16-8-4-5-9-17(16)22)26-14-20(18)25-13-15-6-2-1-3-7-15/h1-9,12,14H,10-11,13H2. The molecule has 0 unspecified atom stereocenters. The maximum Gasteiger partial charge on any atom is 0.294 e. The van der Waals surface area contributed by atoms with Crippen molar-refractivity contribution in [2.75, 3.05) is 11.4 Å². The molecule has 0 fully saturated rings. The quantitative estimate of drug-likeness (QED) is 0.725. The van der Waals surface area contributed by atoms with Crippen LogP contribution in [0, 0.1) is 0 Å². The Hall–Kier alpha value is -3.34. The van der Waals surface area contributed by atoms with Crippen LogP contribution in [0.1, 0.15) is 21.7 Å². The Morgan fingerprint density at radius 1 is 1.08 bits per heavy atom. The van der Waals surface area contributed by atoms with Gasteiger partial charge in [-0.05, 0) is 23.6 Å². The summed E-state index contributed by atoms with van der Waals surface area (Å²) >= 11 is 0. The molecule has 3 aromatic rings. The van der Waals surface area contributed by atoms with Crippen molar-refractivity contribution in [2.45, 2.75) is 13.0 Å². The normalized spacial score (nSPS) is 12.7. The molecule has 5 nitrogen and oxygen atoms in total. The van der Waals surface area contributed by atoms with Crippen LogP contribution in [0.5, 0.6) is 5.75 Å². The van der Waals surface area contributed by atoms with E-state index in [-0.39, 0.29) is 29.5 Å². The second-order valence-electron chi connectivity index (χ2n) is 6.08. The molecule has 5 heteroatoms. The molecule has 0 saturated heterocycles. The van der Waals surface area contributed by atoms with Crippen molar-refractivity contribution in [1.82, 2.24) is 0 Å². The van der Waals surface area contributed by atoms with E-state index in [1.165, 1.54) is 12.3 Å². The molecule has 26 heavy (non-hydrogen) atoms. The third-order valence-electron chi connectivity index (χ3n) is 4.38. The van der Waals surface area contributed by atoms with E-state index < -0.39 is 0 Å². The maximum atomic E-state index is 12.7. The zero-order valence-corrected chi connectivity index (χ0v) is 14.1. The van der Waals surface area contributed by atoms with Crippen LogP contribution in [0.4, 0.5) is 5.69 Å². The first-order valence-corrected chi connectivity index (χ1v) is 8.42. The number of amides is 1. The summed E-state index contributed by atoms with van der Waals surface area (Å²) in [4.78, 5) is 26.6. The number of nitrogens with zero attached hydrogens (tertiary/aromatic N) is 1. The lowest BCUT2D eigenvalue weighted by Crippen LogP contribution is -2.29. The van der Waals surface area contributed by atoms with Gasteiger partial charge in [-0.15, -0.1) is 0 Å². The first-order chi connectivity index (χ1) is 12.7. The molecule has 1 amide bonds. The van der Waals surface area contributed by atoms with Crippen molar-refractivity contribution in [3.8, 4) is 5.75 Å². The minimum Gasteiger partial charge on any atom is -0.482 e. The van der Waals surface area contributed by atoms with Crippen molar-refractivity contribution in [2.24, 2.45) is 0 Å². The molecule has 0 saturated carbocycles. The highest BCUT2D eigenvalue weighted by molar-refractivity contribution is 6.05. The molecule has 4 rings (SSSR count). The fourth-order valence-corrected chi connectivity index (χ4v) is 3.03. The Balaban J connectivity index is 1.51. The number of hydrogen-bond donors (Lipinski definition) is 0. The molecule has 0 radical (unpaired) electrons. The monoisotopic (exact) mass is 347 g/mol. The summed E-state index contributed by atoms with van der Waals surface area (Å²) < 4.78 is 10.9. The lowest BCUT2D eigenvalue weighted by molar-refractivity contribution is 0.0959. The molecular weight excluding hydrogens is 330 g/mol. The Morgan fingerprint density at radius 3 is 2.65 bits per heavy atom. The van der Waals surface area contributed by atoms with E-state index in [0.717, 1.165) is 23.2 Å². The van der Waals surface area contributed by atoms with E-state index >= 15 is 0 Å². The van der Waals surface area contributed by atoms with E-state index in [1.54, 1.807) is 4.90 Å². The number of carbonyl (C=O) groups is 1. The Bertz CT molecular complexity index is 994. The van der Waals surface area contributed by atoms with Crippen molar-refractivity contribution in [3.63, 3.8) is 0 Å². The number of carbonyl (C=O) groups excluding carboxylic acids is 1. The smallest absolute Gasteiger partial charge is 0.294 e. The summed E-state index contributed by atoms with van der Waals surface area (Å²) in [7, 11) is 0. The minimum absolute atomic E-state index is 0.0127. The van der Waals surface area contributed by atoms with Gasteiger partial charge in [0.2, 0.25) is 11.2 Å². The van der Waals surface area contributed by atoms with Crippen LogP contribution >= 0.6 is 0 Å². The van der Waals surface area contributed by atoms with Gasteiger partial charge in [0.05, 0.1) is 0 Å². The average Bonchev–Trinajstić information content (AvgIpc) is 3.11. The first kappa shape index (κ1) is 16.1. The second kappa shape index (κ2) is 6.88. The molecule has 0 aliphatic carbocycles. The number of benzene rings is 2. The molecule has 0 spiro atoms. The number of para-hydroxylation sites is 1. The van der Waals surface area contributed by atoms with E-state index in [2.05, 4.69) is 0 Å². The molecule has 130 valence electrons. The number of anilines is 1. The van der Waals surface area contributed by atoms with E-state index in [9.17, 15) is 9.59 Å². The second-order valence-corrected chi connectivity index (χ2v) is 6.08. The van der Waals surface area contributed by atoms with Crippen molar-refractivity contribution >= 4 is 11.6 Å². The number of fused-ring (bicyclic) bond motifs is 1. The first-order valence-electron chi connectivity index (χ1n) is 8.42. The van der Waals surface area contributed by atoms with Crippen LogP contribution in [-0.4, -0.2) is 12.5 Å². The number of ether oxygens (including phenoxy) is 1. The average molecular weight is 347 g/mol. The van der Waals surface area contributed by atoms with Gasteiger partial charge in [0.1, 0.15) is 12.9 Å². The summed E-state index contributed by atoms with van der Waals surface area (Å²) in [5, 5.41) is 0. The molecule has 0 N–H and O–H groups in total. The van der Waals surface area contributed by atoms with E-state index in [1.807, 2.05) is 54.6 Å². The fraction of sp³-hybridized carbons (Fsp3) is 0.143. The maximum absolute atomic E-state index is 12.7. The van der Waals surface area contributed by atoms with Crippen molar-refractivity contribution in [1.29, 1.82) is 0 Å². The number of hydrogen-bond acceptors (Lipinski definition) is 4. The minimum atomic E-state index is -0.372. The molecule has 1 aromatic heterocycles. The molecule has 0 bridgehead atoms. The van der Waals surface area contributed by atoms with Crippen molar-refractivity contribution < 1.29 is 13.9 Å². The van der Waals surface area contributed by atoms with Crippen LogP contribution in [-0.2, 0) is 13.0 Å². The third-order valence-corrected chi connectivity index (χ3v) is 4.38. The van der Waals surface area contributed by atoms with Gasteiger partial charge in [-0.2, -0.15) is 0 Å². The highest BCUT2D eigenvalue weighted by atomic mass is 16.5. The topological polar surface area (TPSA) is 59.8 Å². The van der Waals surface area contributed by atoms with Crippen LogP contribution in [0.15, 0.2) is 76.1 Å². The summed E-state index contributed by atoms with van der Waals surface area (Å²) in [5.74, 6) is -0.215. The molecule has 1 aliphatic heterocycles. The van der Waals surface area contributed by atoms with Gasteiger partial charge < -0.3 is 14.1 Å². The fourth-order valence-electron chi connectivity index (χ4n) is 3.03. The van der Waals surface area contributed by atoms with Gasteiger partial charge in [-0.25, -0.2) is 0 Å². The Morgan fingerprint density at radius 2 is 1.85 bits per heavy atom. The lowest BCUT2D eigenvalue weighted by Gasteiger charge is -2.16. The predicted octanol–water partition coefficient (Wildman–Crippen LogP) is 3.42. The zero-order valence-electron chi connectivity index (χ0n) is 14.1. The van der Waals surface area contributed by atoms with Gasteiger partial charge >= 0.3 is 0 Å². The van der Waals surface area contributed by atoms with E-state index in [0.29, 0.717) is 6.54 Å². The molecule has 0 atom stereocenters. The SMILES string of the molecule is O=C(c1cc(=O)c(OCc2ccccc2)co1)N1CCc2ccccc21. The Kier molecular flexibility index (Phi) is 4.27. The van der Waals surface area contributed by atoms with Gasteiger partial charge in [-0.3, -0.25) is 9.59 Å². The highest BCUT2D eigenvalue weighted by Gasteiger charge is 2.27. The van der Waals surface area contributed by atoms with Crippen LogP contribution in [0.2, 0.25) is 0 Å². The predicted molar refractivity (Wildman–Crippen MR) is 97.6 cm³/mol. The van der Waals surface area contributed by atoms with Gasteiger partial charge in [0, 0.05) is 18.3 Å². The molecule has 2 heterocycles. The Labute approximate surface area is 150 Å². The summed E-state index contributed by atoms with van der Waals surface area (Å²) in [5.41, 5.74) is 2.55. The van der Waals surface area contributed by atoms with Crippen LogP contribution < -0.4 is 15.1 Å². The highest BCUT2D eigenvalue weighted by Crippen LogP contribution is 2.28. The summed E-state index contributed by atoms with van der Waals surface area (Å²) in [6.07, 6.45) is 2.00. The van der Waals surface area contributed by atoms with Gasteiger partial charge in [0.25, 0.3) is 5.91 Å².